The van der Waals surface area contributed by atoms with E-state index in [2.05, 4.69) is 4.98 Å². The molecule has 0 saturated heterocycles. The van der Waals surface area contributed by atoms with Crippen molar-refractivity contribution in [2.45, 2.75) is 6.92 Å². The van der Waals surface area contributed by atoms with Gasteiger partial charge in [0, 0.05) is 12.6 Å². The monoisotopic (exact) mass is 208 g/mol. The molecule has 0 fully saturated rings. The normalized spacial score (nSPS) is 10.8. The second-order valence-electron chi connectivity index (χ2n) is 3.20. The quantitative estimate of drug-likeness (QED) is 0.675. The van der Waals surface area contributed by atoms with Crippen molar-refractivity contribution in [1.29, 1.82) is 0 Å². The Labute approximate surface area is 86.3 Å². The molecule has 0 radical (unpaired) electrons. The van der Waals surface area contributed by atoms with Crippen molar-refractivity contribution in [3.63, 3.8) is 0 Å². The van der Waals surface area contributed by atoms with E-state index in [1.807, 2.05) is 13.1 Å². The third-order valence-electron chi connectivity index (χ3n) is 2.23. The average molecular weight is 209 g/mol. The van der Waals surface area contributed by atoms with Crippen LogP contribution in [0.15, 0.2) is 18.2 Å². The number of hydrogen-bond donors (Lipinski definition) is 0. The summed E-state index contributed by atoms with van der Waals surface area (Å²) in [5.74, 6) is 0.0358. The maximum atomic E-state index is 11.1. The van der Waals surface area contributed by atoms with E-state index in [0.717, 1.165) is 11.0 Å². The lowest BCUT2D eigenvalue weighted by atomic mass is 10.1. The largest absolute Gasteiger partial charge is 0.318 e. The molecule has 14 heavy (non-hydrogen) atoms. The Bertz CT molecular complexity index is 516. The minimum Gasteiger partial charge on any atom is -0.318 e. The van der Waals surface area contributed by atoms with E-state index in [0.29, 0.717) is 10.8 Å². The molecule has 3 nitrogen and oxygen atoms in total. The van der Waals surface area contributed by atoms with Gasteiger partial charge in [0.25, 0.3) is 0 Å². The van der Waals surface area contributed by atoms with Crippen LogP contribution in [0.5, 0.6) is 0 Å². The molecule has 0 unspecified atom stereocenters. The number of Topliss-reactive ketones (excluding diaryl/α,β-unsaturated/α-hetero) is 1. The van der Waals surface area contributed by atoms with E-state index in [9.17, 15) is 4.79 Å². The molecule has 0 amide bonds. The highest BCUT2D eigenvalue weighted by Gasteiger charge is 2.07. The summed E-state index contributed by atoms with van der Waals surface area (Å²) in [6.07, 6.45) is 0. The number of nitrogens with zero attached hydrogens (tertiary/aromatic N) is 2. The van der Waals surface area contributed by atoms with Crippen LogP contribution in [-0.2, 0) is 7.05 Å². The summed E-state index contributed by atoms with van der Waals surface area (Å²) in [6, 6.07) is 5.39. The first-order valence-corrected chi connectivity index (χ1v) is 4.60. The van der Waals surface area contributed by atoms with Crippen LogP contribution < -0.4 is 0 Å². The number of hydrogen-bond acceptors (Lipinski definition) is 2. The van der Waals surface area contributed by atoms with Crippen LogP contribution in [0.3, 0.4) is 0 Å². The molecule has 0 N–H and O–H groups in total. The molecule has 0 spiro atoms. The summed E-state index contributed by atoms with van der Waals surface area (Å²) in [6.45, 7) is 1.53. The number of imidazole rings is 1. The Morgan fingerprint density at radius 3 is 2.86 bits per heavy atom. The lowest BCUT2D eigenvalue weighted by Gasteiger charge is -1.96. The molecule has 4 heteroatoms. The third kappa shape index (κ3) is 1.30. The SMILES string of the molecule is CC(=O)c1ccc2c(c1)nc(Cl)n2C. The van der Waals surface area contributed by atoms with Crippen molar-refractivity contribution in [1.82, 2.24) is 9.55 Å². The predicted molar refractivity (Wildman–Crippen MR) is 55.7 cm³/mol. The van der Waals surface area contributed by atoms with Crippen LogP contribution in [-0.4, -0.2) is 15.3 Å². The van der Waals surface area contributed by atoms with Crippen molar-refractivity contribution in [3.8, 4) is 0 Å². The molecule has 72 valence electrons. The summed E-state index contributed by atoms with van der Waals surface area (Å²) in [5.41, 5.74) is 2.34. The molecule has 0 aliphatic carbocycles. The fourth-order valence-electron chi connectivity index (χ4n) is 1.39. The van der Waals surface area contributed by atoms with Crippen LogP contribution >= 0.6 is 11.6 Å². The second-order valence-corrected chi connectivity index (χ2v) is 3.54. The van der Waals surface area contributed by atoms with Gasteiger partial charge >= 0.3 is 0 Å². The summed E-state index contributed by atoms with van der Waals surface area (Å²) in [7, 11) is 1.84. The van der Waals surface area contributed by atoms with Crippen LogP contribution in [0.4, 0.5) is 0 Å². The molecule has 0 aliphatic heterocycles. The van der Waals surface area contributed by atoms with Gasteiger partial charge in [-0.3, -0.25) is 4.79 Å². The predicted octanol–water partition coefficient (Wildman–Crippen LogP) is 2.43. The van der Waals surface area contributed by atoms with Gasteiger partial charge in [-0.15, -0.1) is 0 Å². The van der Waals surface area contributed by atoms with E-state index in [4.69, 9.17) is 11.6 Å². The first-order chi connectivity index (χ1) is 6.59. The molecule has 1 aromatic heterocycles. The van der Waals surface area contributed by atoms with Gasteiger partial charge in [-0.2, -0.15) is 0 Å². The molecular weight excluding hydrogens is 200 g/mol. The van der Waals surface area contributed by atoms with Crippen molar-refractivity contribution in [2.24, 2.45) is 7.05 Å². The molecule has 1 aromatic carbocycles. The van der Waals surface area contributed by atoms with Gasteiger partial charge < -0.3 is 4.57 Å². The van der Waals surface area contributed by atoms with Crippen molar-refractivity contribution >= 4 is 28.4 Å². The van der Waals surface area contributed by atoms with Crippen LogP contribution in [0, 0.1) is 0 Å². The number of aryl methyl sites for hydroxylation is 1. The smallest absolute Gasteiger partial charge is 0.203 e. The van der Waals surface area contributed by atoms with Gasteiger partial charge in [-0.25, -0.2) is 4.98 Å². The number of carbonyl (C=O) groups excluding carboxylic acids is 1. The molecule has 2 rings (SSSR count). The Morgan fingerprint density at radius 2 is 2.21 bits per heavy atom. The van der Waals surface area contributed by atoms with Crippen molar-refractivity contribution in [3.05, 3.63) is 29.0 Å². The van der Waals surface area contributed by atoms with E-state index in [1.165, 1.54) is 6.92 Å². The maximum absolute atomic E-state index is 11.1. The van der Waals surface area contributed by atoms with E-state index in [-0.39, 0.29) is 5.78 Å². The minimum absolute atomic E-state index is 0.0358. The maximum Gasteiger partial charge on any atom is 0.203 e. The highest BCUT2D eigenvalue weighted by molar-refractivity contribution is 6.29. The average Bonchev–Trinajstić information content (AvgIpc) is 2.42. The Morgan fingerprint density at radius 1 is 1.50 bits per heavy atom. The van der Waals surface area contributed by atoms with Gasteiger partial charge in [-0.1, -0.05) is 0 Å². The number of aromatic nitrogens is 2. The van der Waals surface area contributed by atoms with Gasteiger partial charge in [0.1, 0.15) is 0 Å². The van der Waals surface area contributed by atoms with Gasteiger partial charge in [0.2, 0.25) is 5.28 Å². The highest BCUT2D eigenvalue weighted by atomic mass is 35.5. The number of fused-ring (bicyclic) bond motifs is 1. The van der Waals surface area contributed by atoms with Crippen LogP contribution in [0.1, 0.15) is 17.3 Å². The highest BCUT2D eigenvalue weighted by Crippen LogP contribution is 2.19. The third-order valence-corrected chi connectivity index (χ3v) is 2.57. The standard InChI is InChI=1S/C10H9ClN2O/c1-6(14)7-3-4-9-8(5-7)12-10(11)13(9)2/h3-5H,1-2H3. The number of halogens is 1. The molecule has 0 atom stereocenters. The van der Waals surface area contributed by atoms with E-state index >= 15 is 0 Å². The fourth-order valence-corrected chi connectivity index (χ4v) is 1.57. The van der Waals surface area contributed by atoms with Crippen LogP contribution in [0.2, 0.25) is 5.28 Å². The zero-order chi connectivity index (χ0) is 10.3. The Kier molecular flexibility index (Phi) is 2.04. The lowest BCUT2D eigenvalue weighted by molar-refractivity contribution is 0.101. The van der Waals surface area contributed by atoms with Crippen LogP contribution in [0.25, 0.3) is 11.0 Å². The molecular formula is C10H9ClN2O. The summed E-state index contributed by atoms with van der Waals surface area (Å²) >= 11 is 5.85. The van der Waals surface area contributed by atoms with Gasteiger partial charge in [0.15, 0.2) is 5.78 Å². The molecule has 0 bridgehead atoms. The van der Waals surface area contributed by atoms with Crippen molar-refractivity contribution in [2.75, 3.05) is 0 Å². The summed E-state index contributed by atoms with van der Waals surface area (Å²) in [5, 5.41) is 0.431. The second kappa shape index (κ2) is 3.10. The van der Waals surface area contributed by atoms with Gasteiger partial charge in [0.05, 0.1) is 11.0 Å². The fraction of sp³-hybridized carbons (Fsp3) is 0.200. The van der Waals surface area contributed by atoms with E-state index < -0.39 is 0 Å². The number of benzene rings is 1. The minimum atomic E-state index is 0.0358. The summed E-state index contributed by atoms with van der Waals surface area (Å²) in [4.78, 5) is 15.2. The molecule has 1 heterocycles. The molecule has 0 saturated carbocycles. The number of ketones is 1. The zero-order valence-corrected chi connectivity index (χ0v) is 8.67. The Hall–Kier alpha value is -1.35. The first-order valence-electron chi connectivity index (χ1n) is 4.22. The Balaban J connectivity index is 2.73. The molecule has 0 aliphatic rings. The lowest BCUT2D eigenvalue weighted by Crippen LogP contribution is -1.91. The summed E-state index contributed by atoms with van der Waals surface area (Å²) < 4.78 is 1.78. The molecule has 2 aromatic rings. The van der Waals surface area contributed by atoms with E-state index in [1.54, 1.807) is 16.7 Å². The topological polar surface area (TPSA) is 34.9 Å². The zero-order valence-electron chi connectivity index (χ0n) is 7.91. The van der Waals surface area contributed by atoms with Crippen molar-refractivity contribution < 1.29 is 4.79 Å². The first kappa shape index (κ1) is 9.21. The number of rotatable bonds is 1. The van der Waals surface area contributed by atoms with Gasteiger partial charge in [-0.05, 0) is 36.7 Å². The number of carbonyl (C=O) groups is 1.